The Hall–Kier alpha value is -1.55. The molecule has 0 saturated heterocycles. The minimum Gasteiger partial charge on any atom is -0.464 e. The zero-order chi connectivity index (χ0) is 10.7. The normalized spacial score (nSPS) is 10.8. The van der Waals surface area contributed by atoms with E-state index in [0.29, 0.717) is 6.61 Å². The van der Waals surface area contributed by atoms with Crippen LogP contribution in [0.15, 0.2) is 29.0 Å². The standard InChI is InChI=1S/C11H14N2O2/c1-13(6-8-14-2)11-9-4-7-15-10(9)3-5-12-11/h3-5,7H,6,8H2,1-2H3. The maximum Gasteiger partial charge on any atom is 0.139 e. The summed E-state index contributed by atoms with van der Waals surface area (Å²) in [4.78, 5) is 6.40. The molecule has 0 atom stereocenters. The lowest BCUT2D eigenvalue weighted by Gasteiger charge is -2.17. The van der Waals surface area contributed by atoms with Gasteiger partial charge in [-0.25, -0.2) is 4.98 Å². The van der Waals surface area contributed by atoms with Crippen LogP contribution in [0.3, 0.4) is 0 Å². The number of hydrogen-bond acceptors (Lipinski definition) is 4. The molecule has 0 bridgehead atoms. The second-order valence-corrected chi connectivity index (χ2v) is 3.38. The van der Waals surface area contributed by atoms with Crippen LogP contribution < -0.4 is 4.90 Å². The molecule has 0 aliphatic carbocycles. The smallest absolute Gasteiger partial charge is 0.139 e. The molecule has 2 rings (SSSR count). The predicted octanol–water partition coefficient (Wildman–Crippen LogP) is 1.91. The summed E-state index contributed by atoms with van der Waals surface area (Å²) in [5.74, 6) is 0.929. The van der Waals surface area contributed by atoms with Gasteiger partial charge in [0.05, 0.1) is 18.3 Å². The Morgan fingerprint density at radius 3 is 3.13 bits per heavy atom. The molecule has 0 fully saturated rings. The maximum atomic E-state index is 5.32. The third-order valence-electron chi connectivity index (χ3n) is 2.35. The zero-order valence-electron chi connectivity index (χ0n) is 8.93. The number of nitrogens with zero attached hydrogens (tertiary/aromatic N) is 2. The monoisotopic (exact) mass is 206 g/mol. The minimum atomic E-state index is 0.687. The van der Waals surface area contributed by atoms with Crippen LogP contribution in [0.5, 0.6) is 0 Å². The Kier molecular flexibility index (Phi) is 2.87. The van der Waals surface area contributed by atoms with E-state index in [4.69, 9.17) is 9.15 Å². The Labute approximate surface area is 88.5 Å². The molecular weight excluding hydrogens is 192 g/mol. The number of furan rings is 1. The highest BCUT2D eigenvalue weighted by molar-refractivity contribution is 5.88. The van der Waals surface area contributed by atoms with Crippen molar-refractivity contribution in [1.82, 2.24) is 4.98 Å². The fraction of sp³-hybridized carbons (Fsp3) is 0.364. The van der Waals surface area contributed by atoms with Gasteiger partial charge in [-0.1, -0.05) is 0 Å². The van der Waals surface area contributed by atoms with E-state index in [0.717, 1.165) is 23.3 Å². The second kappa shape index (κ2) is 4.31. The van der Waals surface area contributed by atoms with Crippen molar-refractivity contribution in [3.8, 4) is 0 Å². The Morgan fingerprint density at radius 2 is 2.33 bits per heavy atom. The van der Waals surface area contributed by atoms with E-state index in [2.05, 4.69) is 9.88 Å². The van der Waals surface area contributed by atoms with Crippen molar-refractivity contribution in [3.05, 3.63) is 24.6 Å². The molecule has 0 aliphatic heterocycles. The summed E-state index contributed by atoms with van der Waals surface area (Å²) >= 11 is 0. The minimum absolute atomic E-state index is 0.687. The molecular formula is C11H14N2O2. The van der Waals surface area contributed by atoms with Crippen molar-refractivity contribution in [2.45, 2.75) is 0 Å². The Bertz CT molecular complexity index is 439. The lowest BCUT2D eigenvalue weighted by molar-refractivity contribution is 0.206. The predicted molar refractivity (Wildman–Crippen MR) is 59.2 cm³/mol. The number of anilines is 1. The topological polar surface area (TPSA) is 38.5 Å². The quantitative estimate of drug-likeness (QED) is 0.766. The largest absolute Gasteiger partial charge is 0.464 e. The molecule has 4 heteroatoms. The molecule has 0 unspecified atom stereocenters. The van der Waals surface area contributed by atoms with Crippen molar-refractivity contribution >= 4 is 16.8 Å². The number of likely N-dealkylation sites (N-methyl/N-ethyl adjacent to an activating group) is 1. The first-order chi connectivity index (χ1) is 7.33. The molecule has 0 aromatic carbocycles. The highest BCUT2D eigenvalue weighted by Crippen LogP contribution is 2.23. The fourth-order valence-corrected chi connectivity index (χ4v) is 1.52. The number of ether oxygens (including phenoxy) is 1. The fourth-order valence-electron chi connectivity index (χ4n) is 1.52. The van der Waals surface area contributed by atoms with Crippen LogP contribution in [0.2, 0.25) is 0 Å². The summed E-state index contributed by atoms with van der Waals surface area (Å²) in [6.07, 6.45) is 3.43. The number of aromatic nitrogens is 1. The van der Waals surface area contributed by atoms with Crippen LogP contribution in [-0.2, 0) is 4.74 Å². The molecule has 2 heterocycles. The third-order valence-corrected chi connectivity index (χ3v) is 2.35. The average Bonchev–Trinajstić information content (AvgIpc) is 2.73. The highest BCUT2D eigenvalue weighted by atomic mass is 16.5. The van der Waals surface area contributed by atoms with Gasteiger partial charge in [-0.2, -0.15) is 0 Å². The Balaban J connectivity index is 2.29. The Morgan fingerprint density at radius 1 is 1.47 bits per heavy atom. The van der Waals surface area contributed by atoms with Crippen molar-refractivity contribution < 1.29 is 9.15 Å². The van der Waals surface area contributed by atoms with E-state index in [1.807, 2.05) is 19.2 Å². The third kappa shape index (κ3) is 1.94. The van der Waals surface area contributed by atoms with Crippen LogP contribution >= 0.6 is 0 Å². The molecule has 2 aromatic heterocycles. The van der Waals surface area contributed by atoms with Gasteiger partial charge in [0.2, 0.25) is 0 Å². The second-order valence-electron chi connectivity index (χ2n) is 3.38. The van der Waals surface area contributed by atoms with Crippen LogP contribution in [0.1, 0.15) is 0 Å². The molecule has 80 valence electrons. The van der Waals surface area contributed by atoms with Gasteiger partial charge >= 0.3 is 0 Å². The van der Waals surface area contributed by atoms with Crippen LogP contribution in [0.4, 0.5) is 5.82 Å². The summed E-state index contributed by atoms with van der Waals surface area (Å²) in [5, 5.41) is 1.04. The van der Waals surface area contributed by atoms with E-state index in [1.165, 1.54) is 0 Å². The lowest BCUT2D eigenvalue weighted by atomic mass is 10.3. The summed E-state index contributed by atoms with van der Waals surface area (Å²) in [6.45, 7) is 1.50. The molecule has 4 nitrogen and oxygen atoms in total. The molecule has 0 N–H and O–H groups in total. The molecule has 0 aliphatic rings. The molecule has 15 heavy (non-hydrogen) atoms. The highest BCUT2D eigenvalue weighted by Gasteiger charge is 2.08. The molecule has 0 radical (unpaired) electrons. The van der Waals surface area contributed by atoms with Crippen molar-refractivity contribution in [2.24, 2.45) is 0 Å². The van der Waals surface area contributed by atoms with Crippen molar-refractivity contribution in [2.75, 3.05) is 32.2 Å². The van der Waals surface area contributed by atoms with Gasteiger partial charge in [0.1, 0.15) is 11.4 Å². The maximum absolute atomic E-state index is 5.32. The number of pyridine rings is 1. The van der Waals surface area contributed by atoms with Crippen LogP contribution in [0, 0.1) is 0 Å². The zero-order valence-corrected chi connectivity index (χ0v) is 8.93. The van der Waals surface area contributed by atoms with Gasteiger partial charge in [0.15, 0.2) is 0 Å². The van der Waals surface area contributed by atoms with E-state index in [1.54, 1.807) is 19.6 Å². The molecule has 0 spiro atoms. The number of rotatable bonds is 4. The summed E-state index contributed by atoms with van der Waals surface area (Å²) < 4.78 is 10.3. The average molecular weight is 206 g/mol. The molecule has 0 saturated carbocycles. The van der Waals surface area contributed by atoms with Gasteiger partial charge in [0, 0.05) is 26.9 Å². The molecule has 2 aromatic rings. The van der Waals surface area contributed by atoms with Crippen molar-refractivity contribution in [3.63, 3.8) is 0 Å². The first-order valence-corrected chi connectivity index (χ1v) is 4.85. The first kappa shape index (κ1) is 9.98. The number of fused-ring (bicyclic) bond motifs is 1. The van der Waals surface area contributed by atoms with Crippen LogP contribution in [-0.4, -0.2) is 32.3 Å². The van der Waals surface area contributed by atoms with Crippen LogP contribution in [0.25, 0.3) is 11.0 Å². The lowest BCUT2D eigenvalue weighted by Crippen LogP contribution is -2.23. The van der Waals surface area contributed by atoms with Gasteiger partial charge in [-0.05, 0) is 12.1 Å². The number of hydrogen-bond donors (Lipinski definition) is 0. The van der Waals surface area contributed by atoms with Gasteiger partial charge in [-0.15, -0.1) is 0 Å². The summed E-state index contributed by atoms with van der Waals surface area (Å²) in [6, 6.07) is 3.80. The number of methoxy groups -OCH3 is 1. The van der Waals surface area contributed by atoms with E-state index in [9.17, 15) is 0 Å². The van der Waals surface area contributed by atoms with Gasteiger partial charge in [-0.3, -0.25) is 0 Å². The van der Waals surface area contributed by atoms with Gasteiger partial charge < -0.3 is 14.1 Å². The summed E-state index contributed by atoms with van der Waals surface area (Å²) in [7, 11) is 3.69. The van der Waals surface area contributed by atoms with E-state index >= 15 is 0 Å². The molecule has 0 amide bonds. The van der Waals surface area contributed by atoms with E-state index in [-0.39, 0.29) is 0 Å². The first-order valence-electron chi connectivity index (χ1n) is 4.85. The van der Waals surface area contributed by atoms with Gasteiger partial charge in [0.25, 0.3) is 0 Å². The van der Waals surface area contributed by atoms with E-state index < -0.39 is 0 Å². The SMILES string of the molecule is COCCN(C)c1nccc2occc12. The summed E-state index contributed by atoms with van der Waals surface area (Å²) in [5.41, 5.74) is 0.865. The van der Waals surface area contributed by atoms with Crippen molar-refractivity contribution in [1.29, 1.82) is 0 Å².